The molecule has 0 aliphatic heterocycles. The fourth-order valence-corrected chi connectivity index (χ4v) is 2.25. The molecule has 23 heavy (non-hydrogen) atoms. The Labute approximate surface area is 137 Å². The van der Waals surface area contributed by atoms with Gasteiger partial charge in [-0.3, -0.25) is 0 Å². The molecule has 2 aromatic rings. The lowest BCUT2D eigenvalue weighted by atomic mass is 9.98. The van der Waals surface area contributed by atoms with Gasteiger partial charge in [-0.15, -0.1) is 0 Å². The molecule has 0 heterocycles. The molecule has 0 N–H and O–H groups in total. The highest BCUT2D eigenvalue weighted by atomic mass is 19.1. The highest BCUT2D eigenvalue weighted by molar-refractivity contribution is 5.65. The number of halogens is 1. The second-order valence-corrected chi connectivity index (χ2v) is 5.52. The number of hydrogen-bond acceptors (Lipinski definition) is 2. The molecule has 0 bridgehead atoms. The quantitative estimate of drug-likeness (QED) is 0.585. The fraction of sp³-hybridized carbons (Fsp3) is 0.316. The zero-order valence-corrected chi connectivity index (χ0v) is 14.1. The lowest BCUT2D eigenvalue weighted by molar-refractivity contribution is 0.414. The Morgan fingerprint density at radius 1 is 1.22 bits per heavy atom. The summed E-state index contributed by atoms with van der Waals surface area (Å²) in [4.78, 5) is 6.53. The van der Waals surface area contributed by atoms with E-state index in [1.165, 1.54) is 6.07 Å². The molecule has 122 valence electrons. The molecule has 0 aliphatic carbocycles. The zero-order chi connectivity index (χ0) is 16.8. The van der Waals surface area contributed by atoms with E-state index >= 15 is 0 Å². The van der Waals surface area contributed by atoms with Gasteiger partial charge >= 0.3 is 0 Å². The number of methoxy groups -OCH3 is 1. The standard InChI is InChI=1S/C19H23FN2O/c1-5-22(3)13-21-19-12-17(23-4)11-16(14(19)2)10-15-8-6-7-9-18(15)20/h6-9,11-13H,5,10H2,1-4H3. The molecule has 0 saturated heterocycles. The van der Waals surface area contributed by atoms with Gasteiger partial charge in [-0.2, -0.15) is 0 Å². The molecule has 0 fully saturated rings. The van der Waals surface area contributed by atoms with Crippen LogP contribution in [-0.2, 0) is 6.42 Å². The number of hydrogen-bond donors (Lipinski definition) is 0. The van der Waals surface area contributed by atoms with Gasteiger partial charge in [0.15, 0.2) is 0 Å². The van der Waals surface area contributed by atoms with Crippen LogP contribution in [0.15, 0.2) is 41.4 Å². The summed E-state index contributed by atoms with van der Waals surface area (Å²) in [6, 6.07) is 10.7. The van der Waals surface area contributed by atoms with Gasteiger partial charge in [-0.05, 0) is 42.7 Å². The minimum atomic E-state index is -0.189. The summed E-state index contributed by atoms with van der Waals surface area (Å²) in [7, 11) is 3.60. The molecule has 0 spiro atoms. The first-order valence-corrected chi connectivity index (χ1v) is 7.70. The normalized spacial score (nSPS) is 11.0. The van der Waals surface area contributed by atoms with Crippen LogP contribution in [0.3, 0.4) is 0 Å². The van der Waals surface area contributed by atoms with E-state index in [-0.39, 0.29) is 5.82 Å². The molecule has 0 atom stereocenters. The van der Waals surface area contributed by atoms with E-state index in [9.17, 15) is 4.39 Å². The smallest absolute Gasteiger partial charge is 0.126 e. The maximum absolute atomic E-state index is 13.9. The molecule has 0 unspecified atom stereocenters. The molecular weight excluding hydrogens is 291 g/mol. The average molecular weight is 314 g/mol. The fourth-order valence-electron chi connectivity index (χ4n) is 2.25. The third-order valence-corrected chi connectivity index (χ3v) is 3.93. The average Bonchev–Trinajstić information content (AvgIpc) is 2.57. The van der Waals surface area contributed by atoms with Crippen LogP contribution in [0.4, 0.5) is 10.1 Å². The minimum Gasteiger partial charge on any atom is -0.497 e. The second-order valence-electron chi connectivity index (χ2n) is 5.52. The Morgan fingerprint density at radius 3 is 2.61 bits per heavy atom. The molecule has 0 amide bonds. The highest BCUT2D eigenvalue weighted by Crippen LogP contribution is 2.30. The first kappa shape index (κ1) is 17.0. The van der Waals surface area contributed by atoms with Gasteiger partial charge in [0.05, 0.1) is 19.1 Å². The van der Waals surface area contributed by atoms with E-state index in [0.29, 0.717) is 12.0 Å². The molecule has 4 heteroatoms. The van der Waals surface area contributed by atoms with E-state index in [4.69, 9.17) is 4.74 Å². The number of rotatable bonds is 6. The van der Waals surface area contributed by atoms with E-state index in [2.05, 4.69) is 11.9 Å². The van der Waals surface area contributed by atoms with Crippen LogP contribution in [0.1, 0.15) is 23.6 Å². The van der Waals surface area contributed by atoms with Gasteiger partial charge < -0.3 is 9.64 Å². The molecule has 2 aromatic carbocycles. The summed E-state index contributed by atoms with van der Waals surface area (Å²) >= 11 is 0. The van der Waals surface area contributed by atoms with Crippen LogP contribution in [0, 0.1) is 12.7 Å². The topological polar surface area (TPSA) is 24.8 Å². The van der Waals surface area contributed by atoms with E-state index in [0.717, 1.165) is 29.1 Å². The van der Waals surface area contributed by atoms with Crippen LogP contribution in [0.2, 0.25) is 0 Å². The van der Waals surface area contributed by atoms with Crippen molar-refractivity contribution >= 4 is 12.0 Å². The molecule has 2 rings (SSSR count). The molecular formula is C19H23FN2O. The number of benzene rings is 2. The highest BCUT2D eigenvalue weighted by Gasteiger charge is 2.10. The van der Waals surface area contributed by atoms with Crippen LogP contribution in [0.5, 0.6) is 5.75 Å². The van der Waals surface area contributed by atoms with Crippen molar-refractivity contribution in [1.29, 1.82) is 0 Å². The summed E-state index contributed by atoms with van der Waals surface area (Å²) in [5.41, 5.74) is 3.57. The first-order valence-electron chi connectivity index (χ1n) is 7.70. The maximum atomic E-state index is 13.9. The maximum Gasteiger partial charge on any atom is 0.126 e. The molecule has 0 aliphatic rings. The summed E-state index contributed by atoms with van der Waals surface area (Å²) < 4.78 is 19.3. The molecule has 0 saturated carbocycles. The van der Waals surface area contributed by atoms with Crippen LogP contribution in [-0.4, -0.2) is 31.9 Å². The van der Waals surface area contributed by atoms with Gasteiger partial charge in [0.25, 0.3) is 0 Å². The second kappa shape index (κ2) is 7.77. The lowest BCUT2D eigenvalue weighted by Gasteiger charge is -2.13. The predicted octanol–water partition coefficient (Wildman–Crippen LogP) is 4.35. The van der Waals surface area contributed by atoms with Crippen LogP contribution >= 0.6 is 0 Å². The monoisotopic (exact) mass is 314 g/mol. The Hall–Kier alpha value is -2.36. The van der Waals surface area contributed by atoms with Crippen molar-refractivity contribution in [2.24, 2.45) is 4.99 Å². The Bertz CT molecular complexity index is 698. The summed E-state index contributed by atoms with van der Waals surface area (Å²) in [6.45, 7) is 4.96. The van der Waals surface area contributed by atoms with Gasteiger partial charge in [-0.25, -0.2) is 9.38 Å². The van der Waals surface area contributed by atoms with Gasteiger partial charge in [-0.1, -0.05) is 18.2 Å². The third-order valence-electron chi connectivity index (χ3n) is 3.93. The van der Waals surface area contributed by atoms with Crippen molar-refractivity contribution in [1.82, 2.24) is 4.90 Å². The predicted molar refractivity (Wildman–Crippen MR) is 93.4 cm³/mol. The number of nitrogens with zero attached hydrogens (tertiary/aromatic N) is 2. The summed E-state index contributed by atoms with van der Waals surface area (Å²) in [6.07, 6.45) is 2.32. The van der Waals surface area contributed by atoms with E-state index in [1.807, 2.05) is 43.1 Å². The number of ether oxygens (including phenoxy) is 1. The minimum absolute atomic E-state index is 0.189. The number of aliphatic imine (C=N–C) groups is 1. The van der Waals surface area contributed by atoms with Gasteiger partial charge in [0.2, 0.25) is 0 Å². The van der Waals surface area contributed by atoms with Crippen LogP contribution < -0.4 is 4.74 Å². The van der Waals surface area contributed by atoms with E-state index < -0.39 is 0 Å². The molecule has 0 aromatic heterocycles. The van der Waals surface area contributed by atoms with Crippen molar-refractivity contribution in [3.8, 4) is 5.75 Å². The summed E-state index contributed by atoms with van der Waals surface area (Å²) in [5, 5.41) is 0. The Balaban J connectivity index is 2.39. The SMILES string of the molecule is CCN(C)C=Nc1cc(OC)cc(Cc2ccccc2F)c1C. The Kier molecular flexibility index (Phi) is 5.74. The first-order chi connectivity index (χ1) is 11.0. The van der Waals surface area contributed by atoms with Crippen molar-refractivity contribution in [2.45, 2.75) is 20.3 Å². The van der Waals surface area contributed by atoms with E-state index in [1.54, 1.807) is 19.5 Å². The van der Waals surface area contributed by atoms with Crippen molar-refractivity contribution in [3.05, 3.63) is 58.9 Å². The van der Waals surface area contributed by atoms with Gasteiger partial charge in [0.1, 0.15) is 11.6 Å². The largest absolute Gasteiger partial charge is 0.497 e. The van der Waals surface area contributed by atoms with Crippen LogP contribution in [0.25, 0.3) is 0 Å². The third kappa shape index (κ3) is 4.31. The summed E-state index contributed by atoms with van der Waals surface area (Å²) in [5.74, 6) is 0.540. The molecule has 0 radical (unpaired) electrons. The Morgan fingerprint density at radius 2 is 1.96 bits per heavy atom. The van der Waals surface area contributed by atoms with Gasteiger partial charge in [0, 0.05) is 26.1 Å². The lowest BCUT2D eigenvalue weighted by Crippen LogP contribution is -2.14. The van der Waals surface area contributed by atoms with Crippen molar-refractivity contribution < 1.29 is 9.13 Å². The molecule has 3 nitrogen and oxygen atoms in total. The van der Waals surface area contributed by atoms with Crippen molar-refractivity contribution in [2.75, 3.05) is 20.7 Å². The van der Waals surface area contributed by atoms with Crippen molar-refractivity contribution in [3.63, 3.8) is 0 Å². The zero-order valence-electron chi connectivity index (χ0n) is 14.1.